The van der Waals surface area contributed by atoms with Gasteiger partial charge in [0.2, 0.25) is 0 Å². The number of aliphatic hydroxyl groups excluding tert-OH is 1. The molecule has 21 heavy (non-hydrogen) atoms. The van der Waals surface area contributed by atoms with Gasteiger partial charge in [-0.15, -0.1) is 0 Å². The number of hydrogen-bond acceptors (Lipinski definition) is 4. The summed E-state index contributed by atoms with van der Waals surface area (Å²) in [4.78, 5) is 4.71. The van der Waals surface area contributed by atoms with Gasteiger partial charge in [0.1, 0.15) is 5.75 Å². The van der Waals surface area contributed by atoms with Crippen molar-refractivity contribution in [3.8, 4) is 5.75 Å². The maximum absolute atomic E-state index is 10.6. The average Bonchev–Trinajstić information content (AvgIpc) is 2.53. The molecule has 0 radical (unpaired) electrons. The molecule has 0 aromatic heterocycles. The van der Waals surface area contributed by atoms with E-state index in [0.29, 0.717) is 6.04 Å². The largest absolute Gasteiger partial charge is 0.497 e. The molecular weight excluding hydrogens is 264 g/mol. The lowest BCUT2D eigenvalue weighted by Gasteiger charge is -2.39. The number of rotatable bonds is 5. The molecule has 2 atom stereocenters. The van der Waals surface area contributed by atoms with Gasteiger partial charge in [-0.05, 0) is 64.6 Å². The molecule has 1 aromatic rings. The van der Waals surface area contributed by atoms with Crippen molar-refractivity contribution in [3.05, 3.63) is 29.8 Å². The van der Waals surface area contributed by atoms with Crippen molar-refractivity contribution in [2.75, 3.05) is 34.3 Å². The first kappa shape index (κ1) is 16.3. The molecule has 118 valence electrons. The SMILES string of the molecule is COc1ccc(C(O)C(C)N(C)C2CCN(C)CC2)cc1. The topological polar surface area (TPSA) is 35.9 Å². The van der Waals surface area contributed by atoms with Crippen molar-refractivity contribution in [2.24, 2.45) is 0 Å². The van der Waals surface area contributed by atoms with Gasteiger partial charge in [-0.3, -0.25) is 4.90 Å². The highest BCUT2D eigenvalue weighted by Crippen LogP contribution is 2.26. The van der Waals surface area contributed by atoms with Gasteiger partial charge < -0.3 is 14.7 Å². The molecule has 0 spiro atoms. The summed E-state index contributed by atoms with van der Waals surface area (Å²) in [7, 11) is 5.96. The zero-order valence-corrected chi connectivity index (χ0v) is 13.6. The monoisotopic (exact) mass is 292 g/mol. The minimum atomic E-state index is -0.472. The third kappa shape index (κ3) is 3.96. The number of likely N-dealkylation sites (N-methyl/N-ethyl adjacent to an activating group) is 1. The standard InChI is InChI=1S/C17H28N2O2/c1-13(19(3)15-9-11-18(2)12-10-15)17(20)14-5-7-16(21-4)8-6-14/h5-8,13,15,17,20H,9-12H2,1-4H3. The van der Waals surface area contributed by atoms with Crippen LogP contribution in [0.4, 0.5) is 0 Å². The predicted molar refractivity (Wildman–Crippen MR) is 85.7 cm³/mol. The highest BCUT2D eigenvalue weighted by molar-refractivity contribution is 5.29. The van der Waals surface area contributed by atoms with E-state index in [-0.39, 0.29) is 6.04 Å². The van der Waals surface area contributed by atoms with E-state index >= 15 is 0 Å². The molecule has 1 aromatic carbocycles. The van der Waals surface area contributed by atoms with Crippen molar-refractivity contribution >= 4 is 0 Å². The minimum Gasteiger partial charge on any atom is -0.497 e. The summed E-state index contributed by atoms with van der Waals surface area (Å²) < 4.78 is 5.17. The molecule has 1 heterocycles. The lowest BCUT2D eigenvalue weighted by Crippen LogP contribution is -2.47. The van der Waals surface area contributed by atoms with Crippen molar-refractivity contribution in [1.82, 2.24) is 9.80 Å². The van der Waals surface area contributed by atoms with Crippen molar-refractivity contribution in [2.45, 2.75) is 38.0 Å². The Bertz CT molecular complexity index is 427. The lowest BCUT2D eigenvalue weighted by atomic mass is 9.97. The second kappa shape index (κ2) is 7.25. The average molecular weight is 292 g/mol. The van der Waals surface area contributed by atoms with Crippen LogP contribution in [0, 0.1) is 0 Å². The Hall–Kier alpha value is -1.10. The van der Waals surface area contributed by atoms with Gasteiger partial charge in [0, 0.05) is 12.1 Å². The molecule has 1 N–H and O–H groups in total. The first-order valence-corrected chi connectivity index (χ1v) is 7.75. The second-order valence-corrected chi connectivity index (χ2v) is 6.16. The van der Waals surface area contributed by atoms with Gasteiger partial charge in [0.25, 0.3) is 0 Å². The molecule has 0 saturated carbocycles. The fourth-order valence-electron chi connectivity index (χ4n) is 3.04. The molecule has 0 amide bonds. The molecule has 1 aliphatic rings. The van der Waals surface area contributed by atoms with Gasteiger partial charge in [-0.25, -0.2) is 0 Å². The van der Waals surface area contributed by atoms with E-state index < -0.39 is 6.10 Å². The summed E-state index contributed by atoms with van der Waals surface area (Å²) in [5, 5.41) is 10.6. The molecule has 1 aliphatic heterocycles. The molecular formula is C17H28N2O2. The van der Waals surface area contributed by atoms with Gasteiger partial charge >= 0.3 is 0 Å². The van der Waals surface area contributed by atoms with Gasteiger partial charge in [-0.1, -0.05) is 12.1 Å². The Morgan fingerprint density at radius 3 is 2.33 bits per heavy atom. The number of methoxy groups -OCH3 is 1. The van der Waals surface area contributed by atoms with Crippen LogP contribution in [0.15, 0.2) is 24.3 Å². The highest BCUT2D eigenvalue weighted by Gasteiger charge is 2.28. The molecule has 1 fully saturated rings. The second-order valence-electron chi connectivity index (χ2n) is 6.16. The van der Waals surface area contributed by atoms with Crippen LogP contribution in [-0.2, 0) is 0 Å². The van der Waals surface area contributed by atoms with E-state index in [1.54, 1.807) is 7.11 Å². The highest BCUT2D eigenvalue weighted by atomic mass is 16.5. The normalized spacial score (nSPS) is 20.5. The number of ether oxygens (including phenoxy) is 1. The van der Waals surface area contributed by atoms with Crippen LogP contribution in [0.3, 0.4) is 0 Å². The number of aliphatic hydroxyl groups is 1. The summed E-state index contributed by atoms with van der Waals surface area (Å²) >= 11 is 0. The third-order valence-corrected chi connectivity index (χ3v) is 4.82. The van der Waals surface area contributed by atoms with Crippen molar-refractivity contribution in [1.29, 1.82) is 0 Å². The Balaban J connectivity index is 1.98. The van der Waals surface area contributed by atoms with E-state index in [1.165, 1.54) is 12.8 Å². The third-order valence-electron chi connectivity index (χ3n) is 4.82. The van der Waals surface area contributed by atoms with Gasteiger partial charge in [0.05, 0.1) is 13.2 Å². The van der Waals surface area contributed by atoms with Crippen LogP contribution < -0.4 is 4.74 Å². The van der Waals surface area contributed by atoms with Crippen LogP contribution in [0.1, 0.15) is 31.4 Å². The van der Waals surface area contributed by atoms with E-state index in [1.807, 2.05) is 24.3 Å². The Kier molecular flexibility index (Phi) is 5.62. The molecule has 4 heteroatoms. The maximum Gasteiger partial charge on any atom is 0.118 e. The molecule has 0 bridgehead atoms. The number of piperidine rings is 1. The first-order chi connectivity index (χ1) is 10.0. The van der Waals surface area contributed by atoms with E-state index in [9.17, 15) is 5.11 Å². The fraction of sp³-hybridized carbons (Fsp3) is 0.647. The van der Waals surface area contributed by atoms with Crippen LogP contribution in [0.25, 0.3) is 0 Å². The number of likely N-dealkylation sites (tertiary alicyclic amines) is 1. The molecule has 0 aliphatic carbocycles. The van der Waals surface area contributed by atoms with Crippen LogP contribution in [-0.4, -0.2) is 61.3 Å². The van der Waals surface area contributed by atoms with Crippen LogP contribution >= 0.6 is 0 Å². The van der Waals surface area contributed by atoms with E-state index in [2.05, 4.69) is 30.8 Å². The summed E-state index contributed by atoms with van der Waals surface area (Å²) in [6.07, 6.45) is 1.87. The van der Waals surface area contributed by atoms with Crippen LogP contribution in [0.5, 0.6) is 5.75 Å². The van der Waals surface area contributed by atoms with Crippen molar-refractivity contribution < 1.29 is 9.84 Å². The van der Waals surface area contributed by atoms with Gasteiger partial charge in [0.15, 0.2) is 0 Å². The molecule has 1 saturated heterocycles. The Morgan fingerprint density at radius 2 is 1.81 bits per heavy atom. The Morgan fingerprint density at radius 1 is 1.24 bits per heavy atom. The smallest absolute Gasteiger partial charge is 0.118 e. The quantitative estimate of drug-likeness (QED) is 0.902. The van der Waals surface area contributed by atoms with E-state index in [4.69, 9.17) is 4.74 Å². The molecule has 4 nitrogen and oxygen atoms in total. The van der Waals surface area contributed by atoms with E-state index in [0.717, 1.165) is 24.4 Å². The summed E-state index contributed by atoms with van der Waals surface area (Å²) in [5.41, 5.74) is 0.947. The zero-order valence-electron chi connectivity index (χ0n) is 13.6. The lowest BCUT2D eigenvalue weighted by molar-refractivity contribution is 0.0308. The predicted octanol–water partition coefficient (Wildman–Crippen LogP) is 2.14. The summed E-state index contributed by atoms with van der Waals surface area (Å²) in [6.45, 7) is 4.38. The molecule has 2 unspecified atom stereocenters. The minimum absolute atomic E-state index is 0.104. The molecule has 2 rings (SSSR count). The number of hydrogen-bond donors (Lipinski definition) is 1. The fourth-order valence-corrected chi connectivity index (χ4v) is 3.04. The zero-order chi connectivity index (χ0) is 15.4. The summed E-state index contributed by atoms with van der Waals surface area (Å²) in [5.74, 6) is 0.822. The maximum atomic E-state index is 10.6. The van der Waals surface area contributed by atoms with Crippen LogP contribution in [0.2, 0.25) is 0 Å². The Labute approximate surface area is 128 Å². The van der Waals surface area contributed by atoms with Crippen molar-refractivity contribution in [3.63, 3.8) is 0 Å². The first-order valence-electron chi connectivity index (χ1n) is 7.75. The van der Waals surface area contributed by atoms with Gasteiger partial charge in [-0.2, -0.15) is 0 Å². The number of nitrogens with zero attached hydrogens (tertiary/aromatic N) is 2. The summed E-state index contributed by atoms with van der Waals surface area (Å²) in [6, 6.07) is 8.36. The number of benzene rings is 1.